The van der Waals surface area contributed by atoms with Gasteiger partial charge in [0.1, 0.15) is 0 Å². The molecule has 2 aromatic rings. The van der Waals surface area contributed by atoms with Gasteiger partial charge in [-0.15, -0.1) is 0 Å². The van der Waals surface area contributed by atoms with Crippen LogP contribution in [-0.2, 0) is 4.79 Å². The fourth-order valence-electron chi connectivity index (χ4n) is 3.65. The first-order valence-electron chi connectivity index (χ1n) is 8.63. The Morgan fingerprint density at radius 3 is 2.04 bits per heavy atom. The van der Waals surface area contributed by atoms with Crippen LogP contribution in [0.15, 0.2) is 54.6 Å². The molecule has 0 spiro atoms. The van der Waals surface area contributed by atoms with Crippen LogP contribution in [-0.4, -0.2) is 24.2 Å². The lowest BCUT2D eigenvalue weighted by atomic mass is 9.71. The third-order valence-electron chi connectivity index (χ3n) is 5.10. The highest BCUT2D eigenvalue weighted by atomic mass is 16.4. The summed E-state index contributed by atoms with van der Waals surface area (Å²) in [5, 5.41) is 9.75. The molecule has 1 aliphatic heterocycles. The number of carboxylic acids is 1. The van der Waals surface area contributed by atoms with Crippen molar-refractivity contribution < 1.29 is 9.90 Å². The standard InChI is InChI=1S/C21H25NO2/c1-21(2,20(23)24)19(16-8-4-3-5-9-16)17-10-12-18(13-11-17)22-14-6-7-15-22/h3-5,8-13,19H,6-7,14-15H2,1-2H3,(H,23,24). The minimum atomic E-state index is -0.878. The molecule has 1 unspecified atom stereocenters. The topological polar surface area (TPSA) is 40.5 Å². The summed E-state index contributed by atoms with van der Waals surface area (Å²) in [6, 6.07) is 18.4. The van der Waals surface area contributed by atoms with Crippen LogP contribution in [0.25, 0.3) is 0 Å². The Kier molecular flexibility index (Phi) is 4.61. The zero-order valence-corrected chi connectivity index (χ0v) is 14.4. The molecule has 1 N–H and O–H groups in total. The average molecular weight is 323 g/mol. The number of benzene rings is 2. The number of anilines is 1. The molecule has 1 aliphatic rings. The summed E-state index contributed by atoms with van der Waals surface area (Å²) in [6.07, 6.45) is 2.50. The maximum absolute atomic E-state index is 11.9. The maximum atomic E-state index is 11.9. The van der Waals surface area contributed by atoms with Gasteiger partial charge in [-0.2, -0.15) is 0 Å². The Morgan fingerprint density at radius 1 is 0.958 bits per heavy atom. The summed E-state index contributed by atoms with van der Waals surface area (Å²) in [5.41, 5.74) is 2.45. The van der Waals surface area contributed by atoms with Crippen molar-refractivity contribution in [2.75, 3.05) is 18.0 Å². The number of carbonyl (C=O) groups is 1. The lowest BCUT2D eigenvalue weighted by molar-refractivity contribution is -0.147. The summed E-state index contributed by atoms with van der Waals surface area (Å²) in [6.45, 7) is 5.84. The molecule has 1 saturated heterocycles. The van der Waals surface area contributed by atoms with Gasteiger partial charge < -0.3 is 10.0 Å². The van der Waals surface area contributed by atoms with Crippen LogP contribution in [0.2, 0.25) is 0 Å². The number of carboxylic acid groups (broad SMARTS) is 1. The molecule has 3 nitrogen and oxygen atoms in total. The van der Waals surface area contributed by atoms with Gasteiger partial charge >= 0.3 is 5.97 Å². The lowest BCUT2D eigenvalue weighted by Gasteiger charge is -2.32. The molecule has 0 bridgehead atoms. The van der Waals surface area contributed by atoms with Crippen LogP contribution < -0.4 is 4.90 Å². The van der Waals surface area contributed by atoms with E-state index in [2.05, 4.69) is 29.2 Å². The van der Waals surface area contributed by atoms with Crippen LogP contribution in [0.5, 0.6) is 0 Å². The van der Waals surface area contributed by atoms with Crippen molar-refractivity contribution in [3.8, 4) is 0 Å². The van der Waals surface area contributed by atoms with Gasteiger partial charge in [0.2, 0.25) is 0 Å². The molecule has 24 heavy (non-hydrogen) atoms. The number of hydrogen-bond donors (Lipinski definition) is 1. The molecule has 1 atom stereocenters. The van der Waals surface area contributed by atoms with Gasteiger partial charge in [0, 0.05) is 24.7 Å². The van der Waals surface area contributed by atoms with Gasteiger partial charge in [0.25, 0.3) is 0 Å². The normalized spacial score (nSPS) is 16.2. The second kappa shape index (κ2) is 6.68. The molecule has 0 amide bonds. The fourth-order valence-corrected chi connectivity index (χ4v) is 3.65. The quantitative estimate of drug-likeness (QED) is 0.879. The summed E-state index contributed by atoms with van der Waals surface area (Å²) in [7, 11) is 0. The predicted octanol–water partition coefficient (Wildman–Crippen LogP) is 4.53. The third-order valence-corrected chi connectivity index (χ3v) is 5.10. The van der Waals surface area contributed by atoms with Gasteiger partial charge in [-0.05, 0) is 49.9 Å². The van der Waals surface area contributed by atoms with E-state index in [1.54, 1.807) is 13.8 Å². The van der Waals surface area contributed by atoms with Gasteiger partial charge in [0.15, 0.2) is 0 Å². The molecule has 0 saturated carbocycles. The molecule has 0 radical (unpaired) electrons. The van der Waals surface area contributed by atoms with Crippen LogP contribution >= 0.6 is 0 Å². The SMILES string of the molecule is CC(C)(C(=O)O)C(c1ccccc1)c1ccc(N2CCCC2)cc1. The largest absolute Gasteiger partial charge is 0.481 e. The number of nitrogens with zero attached hydrogens (tertiary/aromatic N) is 1. The smallest absolute Gasteiger partial charge is 0.310 e. The van der Waals surface area contributed by atoms with E-state index in [0.29, 0.717) is 0 Å². The van der Waals surface area contributed by atoms with Gasteiger partial charge in [-0.25, -0.2) is 0 Å². The number of aliphatic carboxylic acids is 1. The molecule has 2 aromatic carbocycles. The van der Waals surface area contributed by atoms with E-state index >= 15 is 0 Å². The van der Waals surface area contributed by atoms with Crippen LogP contribution in [0.3, 0.4) is 0 Å². The first kappa shape index (κ1) is 16.6. The first-order chi connectivity index (χ1) is 11.5. The van der Waals surface area contributed by atoms with E-state index in [0.717, 1.165) is 24.2 Å². The Balaban J connectivity index is 1.98. The molecular formula is C21H25NO2. The van der Waals surface area contributed by atoms with Crippen LogP contribution in [0, 0.1) is 5.41 Å². The zero-order valence-electron chi connectivity index (χ0n) is 14.4. The first-order valence-corrected chi connectivity index (χ1v) is 8.63. The van der Waals surface area contributed by atoms with Crippen molar-refractivity contribution in [2.45, 2.75) is 32.6 Å². The summed E-state index contributed by atoms with van der Waals surface area (Å²) in [4.78, 5) is 14.3. The van der Waals surface area contributed by atoms with E-state index in [-0.39, 0.29) is 5.92 Å². The third kappa shape index (κ3) is 3.16. The maximum Gasteiger partial charge on any atom is 0.310 e. The van der Waals surface area contributed by atoms with E-state index in [1.165, 1.54) is 18.5 Å². The molecule has 126 valence electrons. The van der Waals surface area contributed by atoms with Crippen LogP contribution in [0.4, 0.5) is 5.69 Å². The zero-order chi connectivity index (χ0) is 17.2. The van der Waals surface area contributed by atoms with Crippen molar-refractivity contribution in [3.05, 3.63) is 65.7 Å². The minimum Gasteiger partial charge on any atom is -0.481 e. The van der Waals surface area contributed by atoms with Gasteiger partial charge in [-0.3, -0.25) is 4.79 Å². The number of hydrogen-bond acceptors (Lipinski definition) is 2. The van der Waals surface area contributed by atoms with E-state index in [4.69, 9.17) is 0 Å². The Morgan fingerprint density at radius 2 is 1.50 bits per heavy atom. The van der Waals surface area contributed by atoms with E-state index < -0.39 is 11.4 Å². The van der Waals surface area contributed by atoms with Crippen molar-refractivity contribution in [1.82, 2.24) is 0 Å². The monoisotopic (exact) mass is 323 g/mol. The fraction of sp³-hybridized carbons (Fsp3) is 0.381. The summed E-state index contributed by atoms with van der Waals surface area (Å²) in [5.74, 6) is -0.955. The second-order valence-electron chi connectivity index (χ2n) is 7.16. The molecule has 1 fully saturated rings. The summed E-state index contributed by atoms with van der Waals surface area (Å²) >= 11 is 0. The molecule has 1 heterocycles. The molecule has 3 rings (SSSR count). The van der Waals surface area contributed by atoms with Crippen LogP contribution in [0.1, 0.15) is 43.7 Å². The average Bonchev–Trinajstić information content (AvgIpc) is 3.11. The lowest BCUT2D eigenvalue weighted by Crippen LogP contribution is -2.32. The van der Waals surface area contributed by atoms with Gasteiger partial charge in [-0.1, -0.05) is 42.5 Å². The van der Waals surface area contributed by atoms with Crippen molar-refractivity contribution in [3.63, 3.8) is 0 Å². The number of rotatable bonds is 5. The Labute approximate surface area is 143 Å². The molecular weight excluding hydrogens is 298 g/mol. The summed E-state index contributed by atoms with van der Waals surface area (Å²) < 4.78 is 0. The Hall–Kier alpha value is -2.29. The second-order valence-corrected chi connectivity index (χ2v) is 7.16. The predicted molar refractivity (Wildman–Crippen MR) is 97.6 cm³/mol. The Bertz CT molecular complexity index is 686. The molecule has 3 heteroatoms. The molecule has 0 aromatic heterocycles. The highest BCUT2D eigenvalue weighted by Crippen LogP contribution is 2.41. The van der Waals surface area contributed by atoms with Crippen molar-refractivity contribution in [2.24, 2.45) is 5.41 Å². The highest BCUT2D eigenvalue weighted by Gasteiger charge is 2.38. The van der Waals surface area contributed by atoms with Crippen molar-refractivity contribution >= 4 is 11.7 Å². The van der Waals surface area contributed by atoms with E-state index in [9.17, 15) is 9.90 Å². The highest BCUT2D eigenvalue weighted by molar-refractivity contribution is 5.76. The van der Waals surface area contributed by atoms with Crippen molar-refractivity contribution in [1.29, 1.82) is 0 Å². The van der Waals surface area contributed by atoms with E-state index in [1.807, 2.05) is 30.3 Å². The minimum absolute atomic E-state index is 0.177. The molecule has 0 aliphatic carbocycles. The van der Waals surface area contributed by atoms with Gasteiger partial charge in [0.05, 0.1) is 5.41 Å².